The number of hydrogen-bond acceptors (Lipinski definition) is 4. The number of aliphatic imine (C=N–C) groups is 1. The van der Waals surface area contributed by atoms with Crippen LogP contribution in [-0.4, -0.2) is 25.8 Å². The van der Waals surface area contributed by atoms with Crippen LogP contribution in [0.5, 0.6) is 11.5 Å². The fraction of sp³-hybridized carbons (Fsp3) is 0.421. The van der Waals surface area contributed by atoms with Gasteiger partial charge in [-0.05, 0) is 36.8 Å². The Bertz CT molecular complexity index is 724. The van der Waals surface area contributed by atoms with Gasteiger partial charge in [-0.25, -0.2) is 4.99 Å². The number of nitrogens with zero attached hydrogens (tertiary/aromatic N) is 1. The molecule has 3 rings (SSSR count). The van der Waals surface area contributed by atoms with E-state index >= 15 is 0 Å². The summed E-state index contributed by atoms with van der Waals surface area (Å²) in [5.74, 6) is 3.23. The predicted octanol–water partition coefficient (Wildman–Crippen LogP) is 3.04. The van der Waals surface area contributed by atoms with Crippen LogP contribution < -0.4 is 20.1 Å². The summed E-state index contributed by atoms with van der Waals surface area (Å²) in [4.78, 5) is 4.57. The molecule has 134 valence electrons. The number of furan rings is 1. The van der Waals surface area contributed by atoms with Crippen molar-refractivity contribution in [2.75, 3.05) is 19.9 Å². The van der Waals surface area contributed by atoms with Crippen molar-refractivity contribution in [3.05, 3.63) is 47.9 Å². The summed E-state index contributed by atoms with van der Waals surface area (Å²) in [7, 11) is 0. The summed E-state index contributed by atoms with van der Waals surface area (Å²) in [6.07, 6.45) is 1.66. The number of ether oxygens (including phenoxy) is 2. The van der Waals surface area contributed by atoms with E-state index in [0.717, 1.165) is 36.3 Å². The maximum atomic E-state index is 5.49. The Morgan fingerprint density at radius 1 is 1.16 bits per heavy atom. The Labute approximate surface area is 148 Å². The van der Waals surface area contributed by atoms with Crippen molar-refractivity contribution in [1.29, 1.82) is 0 Å². The van der Waals surface area contributed by atoms with Gasteiger partial charge in [0.15, 0.2) is 17.5 Å². The second kappa shape index (κ2) is 7.51. The fourth-order valence-electron chi connectivity index (χ4n) is 2.63. The number of guanidine groups is 1. The number of nitrogens with one attached hydrogen (secondary N) is 2. The van der Waals surface area contributed by atoms with Gasteiger partial charge in [0.1, 0.15) is 12.3 Å². The molecule has 0 fully saturated rings. The molecule has 0 unspecified atom stereocenters. The third kappa shape index (κ3) is 4.26. The Kier molecular flexibility index (Phi) is 5.16. The topological polar surface area (TPSA) is 68.0 Å². The quantitative estimate of drug-likeness (QED) is 0.623. The first kappa shape index (κ1) is 17.2. The molecule has 1 aromatic heterocycles. The van der Waals surface area contributed by atoms with E-state index in [1.54, 1.807) is 6.26 Å². The van der Waals surface area contributed by atoms with E-state index in [-0.39, 0.29) is 5.41 Å². The molecule has 0 aliphatic carbocycles. The third-order valence-electron chi connectivity index (χ3n) is 4.17. The minimum atomic E-state index is -0.0954. The Morgan fingerprint density at radius 3 is 2.76 bits per heavy atom. The van der Waals surface area contributed by atoms with Gasteiger partial charge in [0.2, 0.25) is 6.79 Å². The summed E-state index contributed by atoms with van der Waals surface area (Å²) >= 11 is 0. The average molecular weight is 343 g/mol. The van der Waals surface area contributed by atoms with E-state index < -0.39 is 0 Å². The Morgan fingerprint density at radius 2 is 2.00 bits per heavy atom. The van der Waals surface area contributed by atoms with Crippen LogP contribution in [0.1, 0.15) is 32.1 Å². The number of benzene rings is 1. The standard InChI is InChI=1S/C19H25N3O3/c1-4-20-18(21-11-15-6-5-9-23-15)22-12-19(2,3)14-7-8-16-17(10-14)25-13-24-16/h5-10H,4,11-13H2,1-3H3,(H2,20,21,22). The molecule has 0 radical (unpaired) electrons. The molecule has 6 nitrogen and oxygen atoms in total. The minimum Gasteiger partial charge on any atom is -0.467 e. The first-order valence-electron chi connectivity index (χ1n) is 8.53. The van der Waals surface area contributed by atoms with Crippen molar-refractivity contribution < 1.29 is 13.9 Å². The van der Waals surface area contributed by atoms with Crippen molar-refractivity contribution >= 4 is 5.96 Å². The van der Waals surface area contributed by atoms with E-state index in [1.807, 2.05) is 25.1 Å². The van der Waals surface area contributed by atoms with Gasteiger partial charge in [0.25, 0.3) is 0 Å². The molecule has 0 saturated heterocycles. The van der Waals surface area contributed by atoms with Gasteiger partial charge in [-0.15, -0.1) is 0 Å². The lowest BCUT2D eigenvalue weighted by Gasteiger charge is -2.27. The molecule has 0 spiro atoms. The van der Waals surface area contributed by atoms with Gasteiger partial charge in [-0.2, -0.15) is 0 Å². The van der Waals surface area contributed by atoms with E-state index in [0.29, 0.717) is 13.3 Å². The maximum Gasteiger partial charge on any atom is 0.231 e. The fourth-order valence-corrected chi connectivity index (χ4v) is 2.63. The Hall–Kier alpha value is -2.63. The van der Waals surface area contributed by atoms with Crippen LogP contribution in [0.2, 0.25) is 0 Å². The zero-order valence-corrected chi connectivity index (χ0v) is 15.0. The van der Waals surface area contributed by atoms with E-state index in [9.17, 15) is 0 Å². The van der Waals surface area contributed by atoms with Crippen molar-refractivity contribution in [1.82, 2.24) is 10.6 Å². The predicted molar refractivity (Wildman–Crippen MR) is 97.1 cm³/mol. The highest BCUT2D eigenvalue weighted by molar-refractivity contribution is 5.79. The highest BCUT2D eigenvalue weighted by atomic mass is 16.7. The molecular weight excluding hydrogens is 318 g/mol. The van der Waals surface area contributed by atoms with E-state index in [4.69, 9.17) is 13.9 Å². The van der Waals surface area contributed by atoms with Gasteiger partial charge in [0, 0.05) is 18.5 Å². The lowest BCUT2D eigenvalue weighted by Crippen LogP contribution is -2.43. The summed E-state index contributed by atoms with van der Waals surface area (Å²) < 4.78 is 16.2. The lowest BCUT2D eigenvalue weighted by molar-refractivity contribution is 0.174. The second-order valence-corrected chi connectivity index (χ2v) is 6.58. The monoisotopic (exact) mass is 343 g/mol. The molecule has 6 heteroatoms. The first-order chi connectivity index (χ1) is 12.1. The maximum absolute atomic E-state index is 5.49. The van der Waals surface area contributed by atoms with Crippen LogP contribution in [0.3, 0.4) is 0 Å². The van der Waals surface area contributed by atoms with Crippen LogP contribution in [0.15, 0.2) is 46.0 Å². The van der Waals surface area contributed by atoms with Crippen molar-refractivity contribution in [3.8, 4) is 11.5 Å². The highest BCUT2D eigenvalue weighted by Gasteiger charge is 2.24. The zero-order valence-electron chi connectivity index (χ0n) is 15.0. The molecule has 1 aliphatic rings. The summed E-state index contributed by atoms with van der Waals surface area (Å²) in [6, 6.07) is 9.90. The highest BCUT2D eigenvalue weighted by Crippen LogP contribution is 2.36. The molecular formula is C19H25N3O3. The number of hydrogen-bond donors (Lipinski definition) is 2. The zero-order chi connectivity index (χ0) is 17.7. The van der Waals surface area contributed by atoms with Crippen LogP contribution in [0.25, 0.3) is 0 Å². The largest absolute Gasteiger partial charge is 0.467 e. The Balaban J connectivity index is 1.65. The SMILES string of the molecule is CCNC(=NCc1ccco1)NCC(C)(C)c1ccc2c(c1)OCO2. The van der Waals surface area contributed by atoms with Crippen LogP contribution in [-0.2, 0) is 12.0 Å². The van der Waals surface area contributed by atoms with Gasteiger partial charge in [0.05, 0.1) is 6.26 Å². The summed E-state index contributed by atoms with van der Waals surface area (Å²) in [5, 5.41) is 6.68. The third-order valence-corrected chi connectivity index (χ3v) is 4.17. The molecule has 1 aromatic carbocycles. The molecule has 2 N–H and O–H groups in total. The molecule has 0 saturated carbocycles. The lowest BCUT2D eigenvalue weighted by atomic mass is 9.84. The molecule has 25 heavy (non-hydrogen) atoms. The second-order valence-electron chi connectivity index (χ2n) is 6.58. The van der Waals surface area contributed by atoms with Crippen molar-refractivity contribution in [2.45, 2.75) is 32.7 Å². The van der Waals surface area contributed by atoms with Crippen molar-refractivity contribution in [2.24, 2.45) is 4.99 Å². The minimum absolute atomic E-state index is 0.0954. The average Bonchev–Trinajstić information content (AvgIpc) is 3.27. The van der Waals surface area contributed by atoms with Crippen molar-refractivity contribution in [3.63, 3.8) is 0 Å². The van der Waals surface area contributed by atoms with Gasteiger partial charge >= 0.3 is 0 Å². The van der Waals surface area contributed by atoms with Crippen LogP contribution >= 0.6 is 0 Å². The van der Waals surface area contributed by atoms with Crippen LogP contribution in [0.4, 0.5) is 0 Å². The molecule has 0 bridgehead atoms. The van der Waals surface area contributed by atoms with Gasteiger partial charge in [-0.3, -0.25) is 0 Å². The molecule has 0 atom stereocenters. The van der Waals surface area contributed by atoms with Gasteiger partial charge in [-0.1, -0.05) is 19.9 Å². The molecule has 2 aromatic rings. The smallest absolute Gasteiger partial charge is 0.231 e. The molecule has 1 aliphatic heterocycles. The number of fused-ring (bicyclic) bond motifs is 1. The number of rotatable bonds is 6. The first-order valence-corrected chi connectivity index (χ1v) is 8.53. The van der Waals surface area contributed by atoms with Gasteiger partial charge < -0.3 is 24.5 Å². The summed E-state index contributed by atoms with van der Waals surface area (Å²) in [6.45, 7) is 8.76. The van der Waals surface area contributed by atoms with E-state index in [2.05, 4.69) is 41.6 Å². The molecule has 0 amide bonds. The summed E-state index contributed by atoms with van der Waals surface area (Å²) in [5.41, 5.74) is 1.09. The van der Waals surface area contributed by atoms with Crippen LogP contribution in [0, 0.1) is 0 Å². The van der Waals surface area contributed by atoms with E-state index in [1.165, 1.54) is 5.56 Å². The molecule has 2 heterocycles. The normalized spacial score (nSPS) is 13.8.